The van der Waals surface area contributed by atoms with Crippen LogP contribution in [-0.4, -0.2) is 32.7 Å². The second-order valence-corrected chi connectivity index (χ2v) is 10.5. The number of carbonyl (C=O) groups excluding carboxylic acids is 1. The monoisotopic (exact) mass is 406 g/mol. The van der Waals surface area contributed by atoms with E-state index < -0.39 is 10.0 Å². The van der Waals surface area contributed by atoms with E-state index in [0.29, 0.717) is 10.6 Å². The predicted molar refractivity (Wildman–Crippen MR) is 110 cm³/mol. The van der Waals surface area contributed by atoms with E-state index in [-0.39, 0.29) is 10.8 Å². The van der Waals surface area contributed by atoms with Crippen molar-refractivity contribution in [2.24, 2.45) is 0 Å². The molecule has 0 saturated carbocycles. The van der Waals surface area contributed by atoms with E-state index in [9.17, 15) is 13.2 Å². The summed E-state index contributed by atoms with van der Waals surface area (Å²) < 4.78 is 25.9. The second-order valence-electron chi connectivity index (χ2n) is 7.19. The van der Waals surface area contributed by atoms with Crippen LogP contribution in [0.1, 0.15) is 51.4 Å². The van der Waals surface area contributed by atoms with Crippen molar-refractivity contribution in [2.75, 3.05) is 19.4 Å². The molecular weight excluding hydrogens is 380 g/mol. The number of hydrogen-bond donors (Lipinski definition) is 1. The lowest BCUT2D eigenvalue weighted by Crippen LogP contribution is -2.22. The first-order valence-corrected chi connectivity index (χ1v) is 11.5. The van der Waals surface area contributed by atoms with Crippen LogP contribution in [0.4, 0.5) is 5.69 Å². The fraction of sp³-hybridized carbons (Fsp3) is 0.450. The standard InChI is InChI=1S/C20H26N2O3S2/c1-14-10-11-16(27(24,25)22(2)3)13-17(14)21-20(23)19-12-15-8-6-4-5-7-9-18(15)26-19/h10-13H,4-9H2,1-3H3,(H,21,23). The van der Waals surface area contributed by atoms with Crippen LogP contribution in [0.2, 0.25) is 0 Å². The van der Waals surface area contributed by atoms with E-state index in [4.69, 9.17) is 0 Å². The minimum Gasteiger partial charge on any atom is -0.321 e. The number of sulfonamides is 1. The third-order valence-electron chi connectivity index (χ3n) is 4.96. The van der Waals surface area contributed by atoms with Gasteiger partial charge in [0.05, 0.1) is 9.77 Å². The third kappa shape index (κ3) is 4.42. The molecule has 3 rings (SSSR count). The van der Waals surface area contributed by atoms with Crippen LogP contribution >= 0.6 is 11.3 Å². The molecule has 0 radical (unpaired) electrons. The molecule has 7 heteroatoms. The molecule has 0 fully saturated rings. The Morgan fingerprint density at radius 3 is 2.48 bits per heavy atom. The molecule has 146 valence electrons. The maximum absolute atomic E-state index is 12.8. The number of thiophene rings is 1. The minimum absolute atomic E-state index is 0.172. The number of anilines is 1. The van der Waals surface area contributed by atoms with Gasteiger partial charge in [0.1, 0.15) is 0 Å². The van der Waals surface area contributed by atoms with Gasteiger partial charge in [-0.2, -0.15) is 0 Å². The van der Waals surface area contributed by atoms with Gasteiger partial charge in [-0.1, -0.05) is 18.9 Å². The quantitative estimate of drug-likeness (QED) is 0.827. The summed E-state index contributed by atoms with van der Waals surface area (Å²) in [6, 6.07) is 6.83. The second kappa shape index (κ2) is 8.12. The molecule has 27 heavy (non-hydrogen) atoms. The Hall–Kier alpha value is -1.70. The highest BCUT2D eigenvalue weighted by molar-refractivity contribution is 7.89. The molecule has 1 aromatic heterocycles. The summed E-state index contributed by atoms with van der Waals surface area (Å²) >= 11 is 1.57. The molecule has 5 nitrogen and oxygen atoms in total. The maximum Gasteiger partial charge on any atom is 0.265 e. The topological polar surface area (TPSA) is 66.5 Å². The van der Waals surface area contributed by atoms with Gasteiger partial charge in [-0.25, -0.2) is 12.7 Å². The van der Waals surface area contributed by atoms with Crippen molar-refractivity contribution in [3.8, 4) is 0 Å². The zero-order valence-corrected chi connectivity index (χ0v) is 17.7. The highest BCUT2D eigenvalue weighted by atomic mass is 32.2. The predicted octanol–water partition coefficient (Wildman–Crippen LogP) is 4.22. The molecule has 0 spiro atoms. The zero-order chi connectivity index (χ0) is 19.6. The van der Waals surface area contributed by atoms with Crippen molar-refractivity contribution in [3.05, 3.63) is 45.1 Å². The number of nitrogens with one attached hydrogen (secondary N) is 1. The lowest BCUT2D eigenvalue weighted by atomic mass is 10.00. The van der Waals surface area contributed by atoms with Crippen molar-refractivity contribution < 1.29 is 13.2 Å². The Morgan fingerprint density at radius 2 is 1.78 bits per heavy atom. The summed E-state index contributed by atoms with van der Waals surface area (Å²) in [4.78, 5) is 15.0. The molecule has 1 aliphatic rings. The van der Waals surface area contributed by atoms with Crippen LogP contribution in [0.3, 0.4) is 0 Å². The summed E-state index contributed by atoms with van der Waals surface area (Å²) in [6.07, 6.45) is 6.94. The normalized spacial score (nSPS) is 15.1. The molecule has 0 bridgehead atoms. The number of benzene rings is 1. The lowest BCUT2D eigenvalue weighted by Gasteiger charge is -2.14. The molecule has 0 aliphatic heterocycles. The smallest absolute Gasteiger partial charge is 0.265 e. The van der Waals surface area contributed by atoms with Crippen molar-refractivity contribution >= 4 is 33.0 Å². The summed E-state index contributed by atoms with van der Waals surface area (Å²) in [5, 5.41) is 2.91. The van der Waals surface area contributed by atoms with Crippen molar-refractivity contribution in [1.29, 1.82) is 0 Å². The van der Waals surface area contributed by atoms with Gasteiger partial charge in [0.15, 0.2) is 0 Å². The summed E-state index contributed by atoms with van der Waals surface area (Å²) in [7, 11) is -0.553. The van der Waals surface area contributed by atoms with Gasteiger partial charge in [-0.05, 0) is 61.9 Å². The first-order chi connectivity index (χ1) is 12.8. The van der Waals surface area contributed by atoms with Gasteiger partial charge in [0, 0.05) is 24.7 Å². The van der Waals surface area contributed by atoms with Crippen molar-refractivity contribution in [3.63, 3.8) is 0 Å². The highest BCUT2D eigenvalue weighted by Crippen LogP contribution is 2.30. The van der Waals surface area contributed by atoms with Gasteiger partial charge in [-0.15, -0.1) is 11.3 Å². The number of amides is 1. The molecule has 0 atom stereocenters. The minimum atomic E-state index is -3.54. The van der Waals surface area contributed by atoms with Crippen LogP contribution in [0.5, 0.6) is 0 Å². The zero-order valence-electron chi connectivity index (χ0n) is 16.0. The van der Waals surface area contributed by atoms with Crippen LogP contribution < -0.4 is 5.32 Å². The van der Waals surface area contributed by atoms with Gasteiger partial charge in [0.25, 0.3) is 5.91 Å². The molecule has 1 amide bonds. The van der Waals surface area contributed by atoms with E-state index in [2.05, 4.69) is 5.32 Å². The first kappa shape index (κ1) is 20.0. The number of nitrogens with zero attached hydrogens (tertiary/aromatic N) is 1. The molecule has 2 aromatic rings. The summed E-state index contributed by atoms with van der Waals surface area (Å²) in [5.74, 6) is -0.172. The lowest BCUT2D eigenvalue weighted by molar-refractivity contribution is 0.103. The van der Waals surface area contributed by atoms with E-state index in [1.54, 1.807) is 23.5 Å². The fourth-order valence-corrected chi connectivity index (χ4v) is 5.32. The van der Waals surface area contributed by atoms with E-state index >= 15 is 0 Å². The fourth-order valence-electron chi connectivity index (χ4n) is 3.25. The number of carbonyl (C=O) groups is 1. The van der Waals surface area contributed by atoms with E-state index in [0.717, 1.165) is 18.4 Å². The molecule has 1 heterocycles. The molecule has 1 aliphatic carbocycles. The largest absolute Gasteiger partial charge is 0.321 e. The summed E-state index contributed by atoms with van der Waals surface area (Å²) in [6.45, 7) is 1.86. The van der Waals surface area contributed by atoms with Gasteiger partial charge < -0.3 is 5.32 Å². The Balaban J connectivity index is 1.85. The van der Waals surface area contributed by atoms with E-state index in [1.165, 1.54) is 60.6 Å². The Kier molecular flexibility index (Phi) is 6.03. The first-order valence-electron chi connectivity index (χ1n) is 9.25. The summed E-state index contributed by atoms with van der Waals surface area (Å²) in [5.41, 5.74) is 2.66. The maximum atomic E-state index is 12.8. The Bertz CT molecular complexity index is 921. The van der Waals surface area contributed by atoms with Crippen LogP contribution in [0, 0.1) is 6.92 Å². The molecular formula is C20H26N2O3S2. The molecule has 1 aromatic carbocycles. The molecule has 1 N–H and O–H groups in total. The van der Waals surface area contributed by atoms with Gasteiger partial charge >= 0.3 is 0 Å². The van der Waals surface area contributed by atoms with Crippen molar-refractivity contribution in [2.45, 2.75) is 50.3 Å². The Labute approximate surface area is 165 Å². The SMILES string of the molecule is Cc1ccc(S(=O)(=O)N(C)C)cc1NC(=O)c1cc2c(s1)CCCCCC2. The molecule has 0 saturated heterocycles. The number of hydrogen-bond acceptors (Lipinski definition) is 4. The number of rotatable bonds is 4. The van der Waals surface area contributed by atoms with Crippen LogP contribution in [0.25, 0.3) is 0 Å². The van der Waals surface area contributed by atoms with Gasteiger partial charge in [0.2, 0.25) is 10.0 Å². The average Bonchev–Trinajstić information content (AvgIpc) is 2.98. The third-order valence-corrected chi connectivity index (χ3v) is 8.00. The van der Waals surface area contributed by atoms with E-state index in [1.807, 2.05) is 13.0 Å². The molecule has 0 unspecified atom stereocenters. The highest BCUT2D eigenvalue weighted by Gasteiger charge is 2.20. The van der Waals surface area contributed by atoms with Gasteiger partial charge in [-0.3, -0.25) is 4.79 Å². The number of fused-ring (bicyclic) bond motifs is 1. The van der Waals surface area contributed by atoms with Crippen LogP contribution in [0.15, 0.2) is 29.2 Å². The number of aryl methyl sites for hydroxylation is 3. The Morgan fingerprint density at radius 1 is 1.07 bits per heavy atom. The average molecular weight is 407 g/mol. The van der Waals surface area contributed by atoms with Crippen molar-refractivity contribution in [1.82, 2.24) is 4.31 Å². The van der Waals surface area contributed by atoms with Crippen LogP contribution in [-0.2, 0) is 22.9 Å².